The number of nitrogens with one attached hydrogen (secondary N) is 1. The fourth-order valence-electron chi connectivity index (χ4n) is 2.59. The fourth-order valence-corrected chi connectivity index (χ4v) is 2.59. The van der Waals surface area contributed by atoms with E-state index in [4.69, 9.17) is 0 Å². The van der Waals surface area contributed by atoms with Crippen LogP contribution in [-0.2, 0) is 0 Å². The van der Waals surface area contributed by atoms with Gasteiger partial charge in [0, 0.05) is 25.2 Å². The van der Waals surface area contributed by atoms with Gasteiger partial charge in [-0.2, -0.15) is 0 Å². The van der Waals surface area contributed by atoms with Crippen LogP contribution < -0.4 is 5.32 Å². The van der Waals surface area contributed by atoms with Crippen LogP contribution in [0.2, 0.25) is 0 Å². The highest BCUT2D eigenvalue weighted by Crippen LogP contribution is 2.26. The van der Waals surface area contributed by atoms with Gasteiger partial charge in [0.1, 0.15) is 0 Å². The van der Waals surface area contributed by atoms with E-state index in [2.05, 4.69) is 37.9 Å². The second-order valence-electron chi connectivity index (χ2n) is 5.28. The maximum absolute atomic E-state index is 3.55. The first-order valence-corrected chi connectivity index (χ1v) is 6.60. The van der Waals surface area contributed by atoms with Gasteiger partial charge in [-0.1, -0.05) is 27.7 Å². The molecular formula is C13H28N2. The van der Waals surface area contributed by atoms with Gasteiger partial charge in [0.15, 0.2) is 0 Å². The van der Waals surface area contributed by atoms with Gasteiger partial charge in [0.25, 0.3) is 0 Å². The molecule has 0 atom stereocenters. The van der Waals surface area contributed by atoms with Crippen molar-refractivity contribution in [2.45, 2.75) is 52.5 Å². The number of piperazine rings is 1. The minimum atomic E-state index is 0.438. The predicted molar refractivity (Wildman–Crippen MR) is 67.2 cm³/mol. The van der Waals surface area contributed by atoms with Crippen molar-refractivity contribution in [3.63, 3.8) is 0 Å². The molecule has 0 aromatic rings. The molecule has 1 saturated heterocycles. The minimum absolute atomic E-state index is 0.438. The second kappa shape index (κ2) is 5.86. The fraction of sp³-hybridized carbons (Fsp3) is 1.00. The van der Waals surface area contributed by atoms with Crippen LogP contribution >= 0.6 is 0 Å². The molecule has 0 aromatic carbocycles. The lowest BCUT2D eigenvalue weighted by Crippen LogP contribution is -2.60. The first kappa shape index (κ1) is 13.0. The van der Waals surface area contributed by atoms with Gasteiger partial charge in [-0.3, -0.25) is 4.90 Å². The molecule has 0 unspecified atom stereocenters. The van der Waals surface area contributed by atoms with Crippen LogP contribution in [0.25, 0.3) is 0 Å². The average Bonchev–Trinajstić information content (AvgIpc) is 2.26. The Morgan fingerprint density at radius 1 is 1.27 bits per heavy atom. The molecule has 1 aliphatic heterocycles. The highest BCUT2D eigenvalue weighted by atomic mass is 15.3. The van der Waals surface area contributed by atoms with Gasteiger partial charge in [0.05, 0.1) is 0 Å². The summed E-state index contributed by atoms with van der Waals surface area (Å²) in [6.07, 6.45) is 3.88. The molecule has 1 aliphatic rings. The van der Waals surface area contributed by atoms with Crippen LogP contribution in [0.3, 0.4) is 0 Å². The molecule has 1 rings (SSSR count). The normalized spacial score (nSPS) is 22.2. The van der Waals surface area contributed by atoms with Gasteiger partial charge >= 0.3 is 0 Å². The van der Waals surface area contributed by atoms with E-state index in [9.17, 15) is 0 Å². The van der Waals surface area contributed by atoms with Crippen LogP contribution in [0.5, 0.6) is 0 Å². The smallest absolute Gasteiger partial charge is 0.0329 e. The maximum Gasteiger partial charge on any atom is 0.0329 e. The van der Waals surface area contributed by atoms with Gasteiger partial charge in [-0.05, 0) is 31.7 Å². The van der Waals surface area contributed by atoms with Crippen LogP contribution in [0.15, 0.2) is 0 Å². The SMILES string of the molecule is CCC1(CC)CNCCN1CCC(C)C. The molecular weight excluding hydrogens is 184 g/mol. The van der Waals surface area contributed by atoms with E-state index in [1.165, 1.54) is 45.4 Å². The Kier molecular flexibility index (Phi) is 5.07. The lowest BCUT2D eigenvalue weighted by molar-refractivity contribution is 0.0481. The van der Waals surface area contributed by atoms with Gasteiger partial charge in [0.2, 0.25) is 0 Å². The molecule has 0 saturated carbocycles. The molecule has 2 heteroatoms. The summed E-state index contributed by atoms with van der Waals surface area (Å²) in [5, 5.41) is 3.55. The van der Waals surface area contributed by atoms with Crippen LogP contribution in [0, 0.1) is 5.92 Å². The Balaban J connectivity index is 2.56. The molecule has 0 bridgehead atoms. The lowest BCUT2D eigenvalue weighted by Gasteiger charge is -2.47. The third kappa shape index (κ3) is 3.18. The topological polar surface area (TPSA) is 15.3 Å². The average molecular weight is 212 g/mol. The van der Waals surface area contributed by atoms with E-state index in [-0.39, 0.29) is 0 Å². The van der Waals surface area contributed by atoms with Gasteiger partial charge in [-0.25, -0.2) is 0 Å². The number of nitrogens with zero attached hydrogens (tertiary/aromatic N) is 1. The summed E-state index contributed by atoms with van der Waals surface area (Å²) < 4.78 is 0. The highest BCUT2D eigenvalue weighted by Gasteiger charge is 2.34. The van der Waals surface area contributed by atoms with Crippen molar-refractivity contribution in [3.8, 4) is 0 Å². The highest BCUT2D eigenvalue weighted by molar-refractivity contribution is 4.94. The predicted octanol–water partition coefficient (Wildman–Crippen LogP) is 2.50. The summed E-state index contributed by atoms with van der Waals surface area (Å²) in [6, 6.07) is 0. The first-order valence-electron chi connectivity index (χ1n) is 6.60. The second-order valence-corrected chi connectivity index (χ2v) is 5.28. The summed E-state index contributed by atoms with van der Waals surface area (Å²) in [6.45, 7) is 14.2. The van der Waals surface area contributed by atoms with Crippen molar-refractivity contribution in [2.24, 2.45) is 5.92 Å². The molecule has 90 valence electrons. The summed E-state index contributed by atoms with van der Waals surface area (Å²) in [4.78, 5) is 2.73. The Morgan fingerprint density at radius 2 is 1.93 bits per heavy atom. The minimum Gasteiger partial charge on any atom is -0.314 e. The zero-order valence-corrected chi connectivity index (χ0v) is 11.0. The summed E-state index contributed by atoms with van der Waals surface area (Å²) in [5.74, 6) is 0.825. The van der Waals surface area contributed by atoms with Crippen LogP contribution in [-0.4, -0.2) is 36.6 Å². The molecule has 15 heavy (non-hydrogen) atoms. The number of rotatable bonds is 5. The first-order chi connectivity index (χ1) is 7.14. The molecule has 0 radical (unpaired) electrons. The largest absolute Gasteiger partial charge is 0.314 e. The van der Waals surface area contributed by atoms with E-state index in [0.29, 0.717) is 5.54 Å². The molecule has 1 fully saturated rings. The quantitative estimate of drug-likeness (QED) is 0.753. The van der Waals surface area contributed by atoms with Gasteiger partial charge in [-0.15, -0.1) is 0 Å². The van der Waals surface area contributed by atoms with E-state index in [0.717, 1.165) is 5.92 Å². The molecule has 2 nitrogen and oxygen atoms in total. The van der Waals surface area contributed by atoms with Crippen molar-refractivity contribution in [1.29, 1.82) is 0 Å². The molecule has 0 amide bonds. The van der Waals surface area contributed by atoms with Crippen molar-refractivity contribution in [3.05, 3.63) is 0 Å². The summed E-state index contributed by atoms with van der Waals surface area (Å²) >= 11 is 0. The molecule has 0 spiro atoms. The lowest BCUT2D eigenvalue weighted by atomic mass is 9.88. The molecule has 0 aliphatic carbocycles. The van der Waals surface area contributed by atoms with Crippen molar-refractivity contribution in [1.82, 2.24) is 10.2 Å². The molecule has 1 heterocycles. The Labute approximate surface area is 95.4 Å². The molecule has 1 N–H and O–H groups in total. The zero-order valence-electron chi connectivity index (χ0n) is 11.0. The summed E-state index contributed by atoms with van der Waals surface area (Å²) in [7, 11) is 0. The van der Waals surface area contributed by atoms with Crippen LogP contribution in [0.4, 0.5) is 0 Å². The van der Waals surface area contributed by atoms with E-state index < -0.39 is 0 Å². The number of hydrogen-bond donors (Lipinski definition) is 1. The Morgan fingerprint density at radius 3 is 2.47 bits per heavy atom. The van der Waals surface area contributed by atoms with E-state index in [1.807, 2.05) is 0 Å². The van der Waals surface area contributed by atoms with E-state index in [1.54, 1.807) is 0 Å². The van der Waals surface area contributed by atoms with Crippen molar-refractivity contribution < 1.29 is 0 Å². The van der Waals surface area contributed by atoms with Gasteiger partial charge < -0.3 is 5.32 Å². The zero-order chi connectivity index (χ0) is 11.3. The summed E-state index contributed by atoms with van der Waals surface area (Å²) in [5.41, 5.74) is 0.438. The monoisotopic (exact) mass is 212 g/mol. The standard InChI is InChI=1S/C13H28N2/c1-5-13(6-2)11-14-8-10-15(13)9-7-12(3)4/h12,14H,5-11H2,1-4H3. The van der Waals surface area contributed by atoms with Crippen molar-refractivity contribution in [2.75, 3.05) is 26.2 Å². The van der Waals surface area contributed by atoms with E-state index >= 15 is 0 Å². The molecule has 0 aromatic heterocycles. The van der Waals surface area contributed by atoms with Crippen molar-refractivity contribution >= 4 is 0 Å². The Hall–Kier alpha value is -0.0800. The Bertz CT molecular complexity index is 173. The maximum atomic E-state index is 3.55. The van der Waals surface area contributed by atoms with Crippen LogP contribution in [0.1, 0.15) is 47.0 Å². The third-order valence-corrected chi connectivity index (χ3v) is 3.98. The third-order valence-electron chi connectivity index (χ3n) is 3.98. The number of hydrogen-bond acceptors (Lipinski definition) is 2.